The number of piperidine rings is 1. The zero-order chi connectivity index (χ0) is 18.8. The highest BCUT2D eigenvalue weighted by molar-refractivity contribution is 5.92. The molecular formula is C19H20N6O2. The van der Waals surface area contributed by atoms with Gasteiger partial charge in [-0.3, -0.25) is 4.79 Å². The molecule has 0 radical (unpaired) electrons. The number of carbonyl (C=O) groups excluding carboxylic acids is 1. The van der Waals surface area contributed by atoms with Gasteiger partial charge < -0.3 is 10.6 Å². The van der Waals surface area contributed by atoms with Crippen LogP contribution in [0.15, 0.2) is 53.5 Å². The molecule has 3 heterocycles. The van der Waals surface area contributed by atoms with Crippen LogP contribution in [0.3, 0.4) is 0 Å². The monoisotopic (exact) mass is 364 g/mol. The molecule has 1 saturated heterocycles. The first-order valence-corrected chi connectivity index (χ1v) is 8.87. The van der Waals surface area contributed by atoms with E-state index in [4.69, 9.17) is 5.73 Å². The lowest BCUT2D eigenvalue weighted by Crippen LogP contribution is -2.34. The van der Waals surface area contributed by atoms with Gasteiger partial charge in [0.05, 0.1) is 11.3 Å². The van der Waals surface area contributed by atoms with Gasteiger partial charge in [-0.15, -0.1) is 0 Å². The van der Waals surface area contributed by atoms with Gasteiger partial charge in [0.2, 0.25) is 5.91 Å². The first kappa shape index (κ1) is 17.0. The van der Waals surface area contributed by atoms with Crippen LogP contribution in [0.4, 0.5) is 5.82 Å². The number of nitrogens with zero attached hydrogens (tertiary/aromatic N) is 4. The molecule has 1 aliphatic rings. The second kappa shape index (κ2) is 7.06. The molecule has 0 bridgehead atoms. The number of amides is 1. The Morgan fingerprint density at radius 2 is 1.85 bits per heavy atom. The Kier molecular flexibility index (Phi) is 4.45. The maximum Gasteiger partial charge on any atom is 0.347 e. The number of benzene rings is 1. The average Bonchev–Trinajstić information content (AvgIpc) is 3.10. The summed E-state index contributed by atoms with van der Waals surface area (Å²) in [4.78, 5) is 29.9. The van der Waals surface area contributed by atoms with Gasteiger partial charge in [0, 0.05) is 25.2 Å². The van der Waals surface area contributed by atoms with Crippen LogP contribution in [-0.2, 0) is 0 Å². The molecule has 4 rings (SSSR count). The molecule has 0 spiro atoms. The summed E-state index contributed by atoms with van der Waals surface area (Å²) < 4.78 is 1.65. The second-order valence-corrected chi connectivity index (χ2v) is 6.59. The fourth-order valence-corrected chi connectivity index (χ4v) is 3.50. The minimum Gasteiger partial charge on any atom is -0.366 e. The van der Waals surface area contributed by atoms with Crippen LogP contribution in [0.5, 0.6) is 0 Å². The molecule has 1 aromatic carbocycles. The molecule has 3 N–H and O–H groups in total. The summed E-state index contributed by atoms with van der Waals surface area (Å²) in [5.41, 5.74) is 6.26. The lowest BCUT2D eigenvalue weighted by atomic mass is 9.95. The number of aromatic amines is 1. The number of aromatic nitrogens is 4. The number of nitrogens with two attached hydrogens (primary N) is 1. The summed E-state index contributed by atoms with van der Waals surface area (Å²) in [5.74, 6) is 1.29. The van der Waals surface area contributed by atoms with Gasteiger partial charge in [-0.2, -0.15) is 5.10 Å². The number of pyridine rings is 1. The van der Waals surface area contributed by atoms with E-state index in [1.165, 1.54) is 6.20 Å². The molecule has 2 aromatic heterocycles. The standard InChI is InChI=1S/C19H20N6O2/c20-17(26)14-6-7-16(21-12-14)24-10-8-13(9-11-24)18-22-23-19(27)25(18)15-4-2-1-3-5-15/h1-7,12-13H,8-11H2,(H2,20,26)(H,23,27). The van der Waals surface area contributed by atoms with Crippen molar-refractivity contribution >= 4 is 11.7 Å². The zero-order valence-electron chi connectivity index (χ0n) is 14.7. The number of primary amides is 1. The molecule has 0 unspecified atom stereocenters. The van der Waals surface area contributed by atoms with Gasteiger partial charge in [0.15, 0.2) is 0 Å². The Hall–Kier alpha value is -3.42. The van der Waals surface area contributed by atoms with E-state index >= 15 is 0 Å². The largest absolute Gasteiger partial charge is 0.366 e. The third kappa shape index (κ3) is 3.33. The number of anilines is 1. The third-order valence-electron chi connectivity index (χ3n) is 4.93. The Morgan fingerprint density at radius 1 is 1.11 bits per heavy atom. The van der Waals surface area contributed by atoms with Crippen molar-refractivity contribution in [1.82, 2.24) is 19.7 Å². The summed E-state index contributed by atoms with van der Waals surface area (Å²) in [6, 6.07) is 13.0. The summed E-state index contributed by atoms with van der Waals surface area (Å²) in [6.45, 7) is 1.59. The van der Waals surface area contributed by atoms with E-state index in [-0.39, 0.29) is 11.6 Å². The zero-order valence-corrected chi connectivity index (χ0v) is 14.7. The topological polar surface area (TPSA) is 110 Å². The van der Waals surface area contributed by atoms with Crippen molar-refractivity contribution in [2.45, 2.75) is 18.8 Å². The third-order valence-corrected chi connectivity index (χ3v) is 4.93. The Bertz CT molecular complexity index is 985. The van der Waals surface area contributed by atoms with Gasteiger partial charge in [-0.1, -0.05) is 18.2 Å². The second-order valence-electron chi connectivity index (χ2n) is 6.59. The van der Waals surface area contributed by atoms with Gasteiger partial charge in [-0.05, 0) is 37.1 Å². The smallest absolute Gasteiger partial charge is 0.347 e. The highest BCUT2D eigenvalue weighted by atomic mass is 16.2. The van der Waals surface area contributed by atoms with Crippen molar-refractivity contribution in [3.05, 3.63) is 70.5 Å². The maximum atomic E-state index is 12.2. The number of hydrogen-bond donors (Lipinski definition) is 2. The van der Waals surface area contributed by atoms with Crippen molar-refractivity contribution in [2.24, 2.45) is 5.73 Å². The van der Waals surface area contributed by atoms with Crippen LogP contribution < -0.4 is 16.3 Å². The van der Waals surface area contributed by atoms with Crippen molar-refractivity contribution in [1.29, 1.82) is 0 Å². The van der Waals surface area contributed by atoms with Crippen LogP contribution in [0.25, 0.3) is 5.69 Å². The molecule has 3 aromatic rings. The van der Waals surface area contributed by atoms with Crippen molar-refractivity contribution < 1.29 is 4.79 Å². The van der Waals surface area contributed by atoms with Gasteiger partial charge in [0.1, 0.15) is 11.6 Å². The van der Waals surface area contributed by atoms with Crippen LogP contribution in [0, 0.1) is 0 Å². The van der Waals surface area contributed by atoms with E-state index in [0.29, 0.717) is 5.56 Å². The Morgan fingerprint density at radius 3 is 2.48 bits per heavy atom. The number of carbonyl (C=O) groups is 1. The Balaban J connectivity index is 1.50. The molecule has 27 heavy (non-hydrogen) atoms. The van der Waals surface area contributed by atoms with Gasteiger partial charge >= 0.3 is 5.69 Å². The van der Waals surface area contributed by atoms with Crippen LogP contribution in [0.1, 0.15) is 34.9 Å². The number of hydrogen-bond acceptors (Lipinski definition) is 5. The van der Waals surface area contributed by atoms with Gasteiger partial charge in [0.25, 0.3) is 0 Å². The van der Waals surface area contributed by atoms with E-state index in [9.17, 15) is 9.59 Å². The minimum atomic E-state index is -0.481. The maximum absolute atomic E-state index is 12.2. The predicted molar refractivity (Wildman–Crippen MR) is 101 cm³/mol. The van der Waals surface area contributed by atoms with Crippen molar-refractivity contribution in [3.63, 3.8) is 0 Å². The molecule has 8 heteroatoms. The van der Waals surface area contributed by atoms with E-state index in [1.807, 2.05) is 36.4 Å². The van der Waals surface area contributed by atoms with Crippen LogP contribution in [-0.4, -0.2) is 38.7 Å². The van der Waals surface area contributed by atoms with Crippen molar-refractivity contribution in [3.8, 4) is 5.69 Å². The average molecular weight is 364 g/mol. The summed E-state index contributed by atoms with van der Waals surface area (Å²) >= 11 is 0. The van der Waals surface area contributed by atoms with Crippen LogP contribution in [0.2, 0.25) is 0 Å². The lowest BCUT2D eigenvalue weighted by Gasteiger charge is -2.32. The number of nitrogens with one attached hydrogen (secondary N) is 1. The molecular weight excluding hydrogens is 344 g/mol. The number of para-hydroxylation sites is 1. The fourth-order valence-electron chi connectivity index (χ4n) is 3.50. The first-order valence-electron chi connectivity index (χ1n) is 8.87. The minimum absolute atomic E-state index is 0.185. The van der Waals surface area contributed by atoms with E-state index in [2.05, 4.69) is 20.1 Å². The van der Waals surface area contributed by atoms with Crippen LogP contribution >= 0.6 is 0 Å². The molecule has 0 saturated carbocycles. The van der Waals surface area contributed by atoms with Gasteiger partial charge in [-0.25, -0.2) is 19.4 Å². The molecule has 1 aliphatic heterocycles. The van der Waals surface area contributed by atoms with E-state index in [0.717, 1.165) is 43.3 Å². The van der Waals surface area contributed by atoms with Crippen molar-refractivity contribution in [2.75, 3.05) is 18.0 Å². The molecule has 0 atom stereocenters. The Labute approximate surface area is 155 Å². The SMILES string of the molecule is NC(=O)c1ccc(N2CCC(c3n[nH]c(=O)n3-c3ccccc3)CC2)nc1. The first-order chi connectivity index (χ1) is 13.1. The highest BCUT2D eigenvalue weighted by Gasteiger charge is 2.26. The quantitative estimate of drug-likeness (QED) is 0.728. The molecule has 8 nitrogen and oxygen atoms in total. The predicted octanol–water partition coefficient (Wildman–Crippen LogP) is 1.44. The molecule has 1 fully saturated rings. The molecule has 1 amide bonds. The van der Waals surface area contributed by atoms with E-state index in [1.54, 1.807) is 10.6 Å². The summed E-state index contributed by atoms with van der Waals surface area (Å²) in [6.07, 6.45) is 3.22. The normalized spacial score (nSPS) is 15.0. The summed E-state index contributed by atoms with van der Waals surface area (Å²) in [5, 5.41) is 6.86. The highest BCUT2D eigenvalue weighted by Crippen LogP contribution is 2.29. The molecule has 138 valence electrons. The number of H-pyrrole nitrogens is 1. The fraction of sp³-hybridized carbons (Fsp3) is 0.263. The van der Waals surface area contributed by atoms with E-state index < -0.39 is 5.91 Å². The molecule has 0 aliphatic carbocycles. The lowest BCUT2D eigenvalue weighted by molar-refractivity contribution is 0.1000. The summed E-state index contributed by atoms with van der Waals surface area (Å²) in [7, 11) is 0. The number of rotatable bonds is 4.